The maximum Gasteiger partial charge on any atom is 0.257 e. The van der Waals surface area contributed by atoms with E-state index in [1.165, 1.54) is 0 Å². The van der Waals surface area contributed by atoms with Gasteiger partial charge in [-0.25, -0.2) is 0 Å². The van der Waals surface area contributed by atoms with Crippen molar-refractivity contribution < 1.29 is 19.1 Å². The van der Waals surface area contributed by atoms with Gasteiger partial charge >= 0.3 is 0 Å². The molecule has 194 valence electrons. The molecule has 2 aromatic carbocycles. The Morgan fingerprint density at radius 3 is 2.42 bits per heavy atom. The first-order valence-electron chi connectivity index (χ1n) is 13.6. The van der Waals surface area contributed by atoms with Crippen LogP contribution in [0.5, 0.6) is 11.5 Å². The van der Waals surface area contributed by atoms with E-state index in [1.807, 2.05) is 65.3 Å². The fourth-order valence-corrected chi connectivity index (χ4v) is 5.56. The number of fused-ring (bicyclic) bond motifs is 2. The quantitative estimate of drug-likeness (QED) is 0.531. The molecule has 36 heavy (non-hydrogen) atoms. The van der Waals surface area contributed by atoms with E-state index in [4.69, 9.17) is 9.47 Å². The third-order valence-corrected chi connectivity index (χ3v) is 7.56. The highest BCUT2D eigenvalue weighted by atomic mass is 16.5. The van der Waals surface area contributed by atoms with Gasteiger partial charge in [-0.1, -0.05) is 49.9 Å². The zero-order valence-electron chi connectivity index (χ0n) is 21.8. The number of benzene rings is 2. The lowest BCUT2D eigenvalue weighted by molar-refractivity contribution is 0.0268. The first-order valence-corrected chi connectivity index (χ1v) is 13.6. The van der Waals surface area contributed by atoms with Crippen LogP contribution in [0.25, 0.3) is 0 Å². The number of amides is 2. The fourth-order valence-electron chi connectivity index (χ4n) is 5.56. The highest BCUT2D eigenvalue weighted by molar-refractivity contribution is 5.97. The molecule has 2 aromatic rings. The molecular formula is C30H40N2O4. The summed E-state index contributed by atoms with van der Waals surface area (Å²) in [7, 11) is 1.61. The van der Waals surface area contributed by atoms with Crippen molar-refractivity contribution in [1.29, 1.82) is 0 Å². The maximum atomic E-state index is 13.9. The molecule has 6 heteroatoms. The summed E-state index contributed by atoms with van der Waals surface area (Å²) in [5, 5.41) is 0. The molecule has 1 aliphatic carbocycles. The zero-order valence-corrected chi connectivity index (χ0v) is 21.8. The lowest BCUT2D eigenvalue weighted by Gasteiger charge is -2.40. The van der Waals surface area contributed by atoms with Crippen molar-refractivity contribution in [3.05, 3.63) is 59.7 Å². The van der Waals surface area contributed by atoms with Crippen molar-refractivity contribution in [2.75, 3.05) is 26.7 Å². The van der Waals surface area contributed by atoms with E-state index >= 15 is 0 Å². The third kappa shape index (κ3) is 6.03. The van der Waals surface area contributed by atoms with Gasteiger partial charge in [-0.05, 0) is 63.3 Å². The summed E-state index contributed by atoms with van der Waals surface area (Å²) in [6.45, 7) is 4.17. The number of methoxy groups -OCH3 is 1. The van der Waals surface area contributed by atoms with Crippen LogP contribution in [-0.4, -0.2) is 60.5 Å². The van der Waals surface area contributed by atoms with Gasteiger partial charge in [0.2, 0.25) is 0 Å². The minimum atomic E-state index is -0.161. The molecule has 0 N–H and O–H groups in total. The first kappa shape index (κ1) is 26.1. The molecule has 0 radical (unpaired) electrons. The number of ether oxygens (including phenoxy) is 2. The summed E-state index contributed by atoms with van der Waals surface area (Å²) < 4.78 is 12.2. The number of carbonyl (C=O) groups excluding carboxylic acids is 2. The van der Waals surface area contributed by atoms with Gasteiger partial charge in [0.25, 0.3) is 11.8 Å². The van der Waals surface area contributed by atoms with E-state index < -0.39 is 0 Å². The number of hydrogen-bond donors (Lipinski definition) is 0. The average molecular weight is 493 g/mol. The predicted octanol–water partition coefficient (Wildman–Crippen LogP) is 5.95. The van der Waals surface area contributed by atoms with E-state index in [9.17, 15) is 9.59 Å². The monoisotopic (exact) mass is 492 g/mol. The van der Waals surface area contributed by atoms with Gasteiger partial charge in [0, 0.05) is 19.6 Å². The first-order chi connectivity index (χ1) is 17.6. The molecule has 0 aromatic heterocycles. The Kier molecular flexibility index (Phi) is 9.26. The molecule has 0 spiro atoms. The van der Waals surface area contributed by atoms with Crippen molar-refractivity contribution in [1.82, 2.24) is 9.80 Å². The van der Waals surface area contributed by atoms with Crippen molar-refractivity contribution >= 4 is 11.8 Å². The van der Waals surface area contributed by atoms with Gasteiger partial charge in [-0.15, -0.1) is 0 Å². The summed E-state index contributed by atoms with van der Waals surface area (Å²) in [5.74, 6) is 1.25. The molecule has 2 amide bonds. The van der Waals surface area contributed by atoms with Crippen molar-refractivity contribution in [2.45, 2.75) is 76.9 Å². The molecule has 6 nitrogen and oxygen atoms in total. The summed E-state index contributed by atoms with van der Waals surface area (Å²) in [6.07, 6.45) is 8.88. The van der Waals surface area contributed by atoms with Crippen molar-refractivity contribution in [3.8, 4) is 11.5 Å². The standard InChI is InChI=1S/C30H40N2O4/c1-3-31-21-13-5-4-6-14-22-32(30(34)23-15-7-10-18-26(23)35-2)25-17-9-12-20-28(25)36-27-19-11-8-16-24(27)29(31)33/h7-8,10-11,15-16,18-19,25,28H,3-6,9,12-14,17,20-22H2,1-2H3/t25-,28+/m1/s1. The van der Waals surface area contributed by atoms with Crippen LogP contribution in [-0.2, 0) is 0 Å². The van der Waals surface area contributed by atoms with Crippen molar-refractivity contribution in [2.24, 2.45) is 0 Å². The van der Waals surface area contributed by atoms with Gasteiger partial charge in [0.1, 0.15) is 17.6 Å². The largest absolute Gasteiger partial charge is 0.496 e. The number of hydrogen-bond acceptors (Lipinski definition) is 4. The number of para-hydroxylation sites is 2. The Balaban J connectivity index is 1.69. The number of carbonyl (C=O) groups is 2. The van der Waals surface area contributed by atoms with E-state index in [-0.39, 0.29) is 24.0 Å². The SMILES string of the molecule is CCN1CCCCCCCN(C(=O)c2ccccc2OC)[C@@H]2CCCC[C@@H]2Oc2ccccc2C1=O. The highest BCUT2D eigenvalue weighted by Crippen LogP contribution is 2.32. The third-order valence-electron chi connectivity index (χ3n) is 7.56. The lowest BCUT2D eigenvalue weighted by Crippen LogP contribution is -2.51. The Morgan fingerprint density at radius 2 is 1.61 bits per heavy atom. The molecule has 0 unspecified atom stereocenters. The molecule has 1 saturated carbocycles. The Hall–Kier alpha value is -3.02. The minimum absolute atomic E-state index is 0.00112. The van der Waals surface area contributed by atoms with Crippen LogP contribution < -0.4 is 9.47 Å². The average Bonchev–Trinajstić information content (AvgIpc) is 2.92. The van der Waals surface area contributed by atoms with E-state index in [0.717, 1.165) is 64.3 Å². The van der Waals surface area contributed by atoms with Crippen LogP contribution in [0.15, 0.2) is 48.5 Å². The van der Waals surface area contributed by atoms with Gasteiger partial charge in [0.05, 0.1) is 24.3 Å². The second-order valence-electron chi connectivity index (χ2n) is 9.86. The summed E-state index contributed by atoms with van der Waals surface area (Å²) >= 11 is 0. The molecular weight excluding hydrogens is 452 g/mol. The zero-order chi connectivity index (χ0) is 25.3. The summed E-state index contributed by atoms with van der Waals surface area (Å²) in [5.41, 5.74) is 1.21. The molecule has 2 aliphatic rings. The van der Waals surface area contributed by atoms with Crippen molar-refractivity contribution in [3.63, 3.8) is 0 Å². The van der Waals surface area contributed by atoms with E-state index in [0.29, 0.717) is 35.7 Å². The Labute approximate surface area is 215 Å². The maximum absolute atomic E-state index is 13.9. The topological polar surface area (TPSA) is 59.1 Å². The van der Waals surface area contributed by atoms with Gasteiger partial charge < -0.3 is 19.3 Å². The molecule has 0 bridgehead atoms. The molecule has 2 atom stereocenters. The smallest absolute Gasteiger partial charge is 0.257 e. The fraction of sp³-hybridized carbons (Fsp3) is 0.533. The van der Waals surface area contributed by atoms with Gasteiger partial charge in [-0.2, -0.15) is 0 Å². The second-order valence-corrected chi connectivity index (χ2v) is 9.86. The molecule has 1 fully saturated rings. The lowest BCUT2D eigenvalue weighted by atomic mass is 9.90. The summed E-state index contributed by atoms with van der Waals surface area (Å²) in [6, 6.07) is 15.0. The molecule has 4 rings (SSSR count). The van der Waals surface area contributed by atoms with Gasteiger partial charge in [0.15, 0.2) is 0 Å². The normalized spacial score (nSPS) is 21.9. The van der Waals surface area contributed by atoms with Crippen LogP contribution in [0.4, 0.5) is 0 Å². The number of nitrogens with zero attached hydrogens (tertiary/aromatic N) is 2. The van der Waals surface area contributed by atoms with Crippen LogP contribution >= 0.6 is 0 Å². The van der Waals surface area contributed by atoms with Crippen LogP contribution in [0, 0.1) is 0 Å². The molecule has 1 aliphatic heterocycles. The summed E-state index contributed by atoms with van der Waals surface area (Å²) in [4.78, 5) is 31.4. The predicted molar refractivity (Wildman–Crippen MR) is 142 cm³/mol. The Morgan fingerprint density at radius 1 is 0.917 bits per heavy atom. The van der Waals surface area contributed by atoms with Crippen LogP contribution in [0.2, 0.25) is 0 Å². The highest BCUT2D eigenvalue weighted by Gasteiger charge is 2.36. The van der Waals surface area contributed by atoms with Crippen LogP contribution in [0.1, 0.15) is 85.4 Å². The molecule has 1 heterocycles. The Bertz CT molecular complexity index is 1020. The second kappa shape index (κ2) is 12.8. The van der Waals surface area contributed by atoms with E-state index in [2.05, 4.69) is 0 Å². The number of rotatable bonds is 3. The molecule has 0 saturated heterocycles. The van der Waals surface area contributed by atoms with Crippen LogP contribution in [0.3, 0.4) is 0 Å². The van der Waals surface area contributed by atoms with Gasteiger partial charge in [-0.3, -0.25) is 9.59 Å². The minimum Gasteiger partial charge on any atom is -0.496 e. The van der Waals surface area contributed by atoms with E-state index in [1.54, 1.807) is 7.11 Å².